The van der Waals surface area contributed by atoms with Gasteiger partial charge < -0.3 is 15.4 Å². The van der Waals surface area contributed by atoms with Crippen molar-refractivity contribution < 1.29 is 9.66 Å². The number of benzene rings is 3. The van der Waals surface area contributed by atoms with Gasteiger partial charge >= 0.3 is 0 Å². The van der Waals surface area contributed by atoms with Crippen LogP contribution in [0.25, 0.3) is 6.08 Å². The molecule has 0 spiro atoms. The van der Waals surface area contributed by atoms with Crippen molar-refractivity contribution in [3.63, 3.8) is 0 Å². The molecule has 12 heteroatoms. The van der Waals surface area contributed by atoms with Gasteiger partial charge in [-0.25, -0.2) is 5.43 Å². The molecule has 4 rings (SSSR count). The molecule has 0 amide bonds. The van der Waals surface area contributed by atoms with Crippen LogP contribution >= 0.6 is 15.9 Å². The monoisotopic (exact) mass is 560 g/mol. The summed E-state index contributed by atoms with van der Waals surface area (Å²) in [5.41, 5.74) is 5.10. The fraction of sp³-hybridized carbons (Fsp3) is 0.0400. The first-order chi connectivity index (χ1) is 18.0. The van der Waals surface area contributed by atoms with Crippen LogP contribution < -0.4 is 20.8 Å². The van der Waals surface area contributed by atoms with Crippen molar-refractivity contribution >= 4 is 63.1 Å². The van der Waals surface area contributed by atoms with Crippen molar-refractivity contribution in [1.82, 2.24) is 15.0 Å². The van der Waals surface area contributed by atoms with E-state index in [1.54, 1.807) is 37.6 Å². The van der Waals surface area contributed by atoms with Gasteiger partial charge in [0, 0.05) is 28.0 Å². The first kappa shape index (κ1) is 25.3. The van der Waals surface area contributed by atoms with Crippen molar-refractivity contribution in [2.24, 2.45) is 5.10 Å². The molecule has 0 unspecified atom stereocenters. The number of nitro groups is 1. The molecule has 0 saturated carbocycles. The maximum absolute atomic E-state index is 10.9. The van der Waals surface area contributed by atoms with Crippen molar-refractivity contribution in [2.45, 2.75) is 0 Å². The summed E-state index contributed by atoms with van der Waals surface area (Å²) in [5, 5.41) is 21.3. The highest BCUT2D eigenvalue weighted by Crippen LogP contribution is 2.22. The fourth-order valence-corrected chi connectivity index (χ4v) is 3.40. The predicted octanol–water partition coefficient (Wildman–Crippen LogP) is 6.11. The molecule has 37 heavy (non-hydrogen) atoms. The number of rotatable bonds is 10. The van der Waals surface area contributed by atoms with E-state index >= 15 is 0 Å². The molecule has 0 fully saturated rings. The molecule has 4 aromatic rings. The minimum absolute atomic E-state index is 0.0196. The van der Waals surface area contributed by atoms with E-state index in [1.165, 1.54) is 12.1 Å². The Balaban J connectivity index is 1.55. The zero-order valence-electron chi connectivity index (χ0n) is 19.5. The summed E-state index contributed by atoms with van der Waals surface area (Å²) < 4.78 is 5.93. The lowest BCUT2D eigenvalue weighted by atomic mass is 10.2. The summed E-state index contributed by atoms with van der Waals surface area (Å²) >= 11 is 3.47. The first-order valence-corrected chi connectivity index (χ1v) is 11.7. The topological polar surface area (TPSA) is 139 Å². The summed E-state index contributed by atoms with van der Waals surface area (Å²) in [6.07, 6.45) is 3.49. The molecule has 0 radical (unpaired) electrons. The Labute approximate surface area is 220 Å². The number of hydrogen-bond acceptors (Lipinski definition) is 10. The molecule has 0 saturated heterocycles. The lowest BCUT2D eigenvalue weighted by molar-refractivity contribution is -0.384. The van der Waals surface area contributed by atoms with Crippen LogP contribution in [0.2, 0.25) is 0 Å². The van der Waals surface area contributed by atoms with E-state index in [9.17, 15) is 10.1 Å². The van der Waals surface area contributed by atoms with E-state index in [2.05, 4.69) is 52.0 Å². The van der Waals surface area contributed by atoms with Gasteiger partial charge in [0.15, 0.2) is 0 Å². The minimum Gasteiger partial charge on any atom is -0.497 e. The van der Waals surface area contributed by atoms with Crippen molar-refractivity contribution in [2.75, 3.05) is 23.2 Å². The highest BCUT2D eigenvalue weighted by molar-refractivity contribution is 9.12. The number of non-ortho nitro benzene ring substituents is 1. The van der Waals surface area contributed by atoms with Crippen molar-refractivity contribution in [3.8, 4) is 5.75 Å². The number of anilines is 5. The van der Waals surface area contributed by atoms with Gasteiger partial charge in [-0.2, -0.15) is 20.1 Å². The number of allylic oxidation sites excluding steroid dienone is 1. The molecule has 1 heterocycles. The van der Waals surface area contributed by atoms with Gasteiger partial charge in [0.25, 0.3) is 5.69 Å². The van der Waals surface area contributed by atoms with Crippen LogP contribution in [0.3, 0.4) is 0 Å². The van der Waals surface area contributed by atoms with Gasteiger partial charge in [0.05, 0.1) is 18.2 Å². The molecular formula is C25H21BrN8O3. The van der Waals surface area contributed by atoms with Crippen LogP contribution in [0.1, 0.15) is 5.56 Å². The van der Waals surface area contributed by atoms with Crippen LogP contribution in [0.15, 0.2) is 88.4 Å². The Morgan fingerprint density at radius 1 is 0.892 bits per heavy atom. The summed E-state index contributed by atoms with van der Waals surface area (Å²) in [4.78, 5) is 23.6. The Hall–Kier alpha value is -4.84. The molecule has 11 nitrogen and oxygen atoms in total. The molecule has 186 valence electrons. The number of hydrogen-bond donors (Lipinski definition) is 3. The number of hydrazone groups is 1. The standard InChI is InChI=1S/C25H21BrN8O3/c1-37-22-13-9-20(10-14-22)29-24-30-23(28-19-7-11-21(12-8-19)34(35)36)31-25(32-24)33-27-16-18(26)15-17-5-3-2-4-6-17/h2-16H,1H3,(H3,28,29,30,31,32,33)/b18-15-,27-16+. The molecule has 0 aliphatic heterocycles. The largest absolute Gasteiger partial charge is 0.497 e. The van der Waals surface area contributed by atoms with E-state index < -0.39 is 4.92 Å². The average Bonchev–Trinajstić information content (AvgIpc) is 2.90. The Morgan fingerprint density at radius 2 is 1.46 bits per heavy atom. The molecule has 0 bridgehead atoms. The van der Waals surface area contributed by atoms with Gasteiger partial charge in [-0.15, -0.1) is 0 Å². The van der Waals surface area contributed by atoms with E-state index in [4.69, 9.17) is 4.74 Å². The third kappa shape index (κ3) is 7.57. The first-order valence-electron chi connectivity index (χ1n) is 10.9. The molecule has 1 aromatic heterocycles. The third-order valence-corrected chi connectivity index (χ3v) is 5.21. The summed E-state index contributed by atoms with van der Waals surface area (Å²) in [5.74, 6) is 1.34. The predicted molar refractivity (Wildman–Crippen MR) is 148 cm³/mol. The van der Waals surface area contributed by atoms with Gasteiger partial charge in [0.2, 0.25) is 17.8 Å². The lowest BCUT2D eigenvalue weighted by Crippen LogP contribution is -2.07. The number of halogens is 1. The number of ether oxygens (including phenoxy) is 1. The maximum atomic E-state index is 10.9. The van der Waals surface area contributed by atoms with E-state index in [0.717, 1.165) is 15.7 Å². The highest BCUT2D eigenvalue weighted by Gasteiger charge is 2.09. The van der Waals surface area contributed by atoms with Crippen molar-refractivity contribution in [3.05, 3.63) is 99.0 Å². The Morgan fingerprint density at radius 3 is 2.03 bits per heavy atom. The van der Waals surface area contributed by atoms with Crippen molar-refractivity contribution in [1.29, 1.82) is 0 Å². The van der Waals surface area contributed by atoms with E-state index in [1.807, 2.05) is 48.5 Å². The summed E-state index contributed by atoms with van der Waals surface area (Å²) in [7, 11) is 1.59. The second-order valence-corrected chi connectivity index (χ2v) is 8.31. The van der Waals surface area contributed by atoms with Crippen LogP contribution in [0.5, 0.6) is 5.75 Å². The average molecular weight is 561 g/mol. The SMILES string of the molecule is COc1ccc(Nc2nc(N/N=C/C(Br)=C/c3ccccc3)nc(Nc3ccc([N+](=O)[O-])cc3)n2)cc1. The van der Waals surface area contributed by atoms with Crippen LogP contribution in [0.4, 0.5) is 34.9 Å². The number of aromatic nitrogens is 3. The number of nitrogens with zero attached hydrogens (tertiary/aromatic N) is 5. The molecular weight excluding hydrogens is 540 g/mol. The zero-order valence-corrected chi connectivity index (χ0v) is 21.1. The van der Waals surface area contributed by atoms with E-state index in [-0.39, 0.29) is 23.5 Å². The second kappa shape index (κ2) is 12.2. The maximum Gasteiger partial charge on any atom is 0.269 e. The minimum atomic E-state index is -0.464. The summed E-state index contributed by atoms with van der Waals surface area (Å²) in [6.45, 7) is 0. The Bertz CT molecular complexity index is 1410. The summed E-state index contributed by atoms with van der Waals surface area (Å²) in [6, 6.07) is 23.0. The number of methoxy groups -OCH3 is 1. The van der Waals surface area contributed by atoms with E-state index in [0.29, 0.717) is 11.4 Å². The van der Waals surface area contributed by atoms with Gasteiger partial charge in [-0.1, -0.05) is 30.3 Å². The highest BCUT2D eigenvalue weighted by atomic mass is 79.9. The number of nitrogens with one attached hydrogen (secondary N) is 3. The molecule has 0 aliphatic rings. The zero-order chi connectivity index (χ0) is 26.0. The molecule has 3 aromatic carbocycles. The van der Waals surface area contributed by atoms with Crippen LogP contribution in [-0.4, -0.2) is 33.2 Å². The van der Waals surface area contributed by atoms with Gasteiger partial charge in [-0.05, 0) is 64.0 Å². The second-order valence-electron chi connectivity index (χ2n) is 7.40. The van der Waals surface area contributed by atoms with Gasteiger partial charge in [-0.3, -0.25) is 10.1 Å². The normalized spacial score (nSPS) is 11.2. The fourth-order valence-electron chi connectivity index (χ4n) is 3.03. The van der Waals surface area contributed by atoms with Crippen LogP contribution in [-0.2, 0) is 0 Å². The third-order valence-electron chi connectivity index (χ3n) is 4.77. The Kier molecular flexibility index (Phi) is 8.34. The van der Waals surface area contributed by atoms with Crippen LogP contribution in [0, 0.1) is 10.1 Å². The van der Waals surface area contributed by atoms with Gasteiger partial charge in [0.1, 0.15) is 5.75 Å². The number of nitro benzene ring substituents is 1. The molecule has 0 aliphatic carbocycles. The smallest absolute Gasteiger partial charge is 0.269 e. The quantitative estimate of drug-likeness (QED) is 0.119. The lowest BCUT2D eigenvalue weighted by Gasteiger charge is -2.10. The molecule has 0 atom stereocenters. The molecule has 3 N–H and O–H groups in total.